The molecule has 4 N–H and O–H groups in total. The molecule has 1 aromatic rings. The van der Waals surface area contributed by atoms with Crippen molar-refractivity contribution in [2.24, 2.45) is 5.73 Å². The Hall–Kier alpha value is -1.55. The minimum Gasteiger partial charge on any atom is -0.394 e. The lowest BCUT2D eigenvalue weighted by atomic mass is 9.98. The highest BCUT2D eigenvalue weighted by atomic mass is 16.5. The molecule has 0 unspecified atom stereocenters. The molecule has 0 saturated carbocycles. The van der Waals surface area contributed by atoms with Gasteiger partial charge in [-0.2, -0.15) is 0 Å². The van der Waals surface area contributed by atoms with Crippen molar-refractivity contribution in [2.75, 3.05) is 20.3 Å². The Kier molecular flexibility index (Phi) is 4.10. The molecular weight excluding hydrogens is 256 g/mol. The van der Waals surface area contributed by atoms with Crippen LogP contribution in [0.25, 0.3) is 0 Å². The maximum atomic E-state index is 10.9. The Labute approximate surface area is 108 Å². The van der Waals surface area contributed by atoms with Gasteiger partial charge in [-0.25, -0.2) is 9.67 Å². The van der Waals surface area contributed by atoms with Gasteiger partial charge in [0.1, 0.15) is 30.7 Å². The fourth-order valence-electron chi connectivity index (χ4n) is 2.09. The van der Waals surface area contributed by atoms with E-state index in [1.165, 1.54) is 18.1 Å². The number of amides is 1. The predicted molar refractivity (Wildman–Crippen MR) is 61.2 cm³/mol. The molecule has 1 aromatic heterocycles. The Morgan fingerprint density at radius 2 is 2.47 bits per heavy atom. The number of primary amides is 1. The van der Waals surface area contributed by atoms with Gasteiger partial charge in [-0.3, -0.25) is 4.79 Å². The lowest BCUT2D eigenvalue weighted by Crippen LogP contribution is -2.52. The summed E-state index contributed by atoms with van der Waals surface area (Å²) in [7, 11) is 1.44. The largest absolute Gasteiger partial charge is 0.394 e. The molecule has 19 heavy (non-hydrogen) atoms. The topological polar surface area (TPSA) is 133 Å². The van der Waals surface area contributed by atoms with Crippen LogP contribution in [0.5, 0.6) is 0 Å². The van der Waals surface area contributed by atoms with Crippen LogP contribution in [-0.2, 0) is 9.47 Å². The highest BCUT2D eigenvalue weighted by Crippen LogP contribution is 2.26. The normalized spacial score (nSPS) is 31.3. The lowest BCUT2D eigenvalue weighted by molar-refractivity contribution is -0.180. The van der Waals surface area contributed by atoms with Gasteiger partial charge in [0.2, 0.25) is 5.82 Å². The number of rotatable bonds is 4. The van der Waals surface area contributed by atoms with Crippen molar-refractivity contribution < 1.29 is 24.5 Å². The van der Waals surface area contributed by atoms with Crippen LogP contribution in [0.15, 0.2) is 6.33 Å². The molecule has 4 atom stereocenters. The molecule has 9 heteroatoms. The summed E-state index contributed by atoms with van der Waals surface area (Å²) >= 11 is 0. The minimum absolute atomic E-state index is 0.117. The van der Waals surface area contributed by atoms with E-state index in [9.17, 15) is 9.90 Å². The summed E-state index contributed by atoms with van der Waals surface area (Å²) in [6.45, 7) is -0.139. The number of carbonyl (C=O) groups is 1. The standard InChI is InChI=1S/C10H16N4O5/c1-18-8-5(3-19-6(2-15)7(8)16)14-4-12-10(13-14)9(11)17/h4-8,15-16H,2-3H2,1H3,(H2,11,17)/t5-,6-,7-,8+/m1/s1. The number of hydrogen-bond donors (Lipinski definition) is 3. The van der Waals surface area contributed by atoms with Crippen LogP contribution in [0.3, 0.4) is 0 Å². The molecule has 1 saturated heterocycles. The third-order valence-electron chi connectivity index (χ3n) is 3.10. The summed E-state index contributed by atoms with van der Waals surface area (Å²) in [5, 5.41) is 23.0. The van der Waals surface area contributed by atoms with Gasteiger partial charge >= 0.3 is 0 Å². The van der Waals surface area contributed by atoms with Gasteiger partial charge in [0.15, 0.2) is 0 Å². The van der Waals surface area contributed by atoms with Gasteiger partial charge in [-0.15, -0.1) is 5.10 Å². The maximum Gasteiger partial charge on any atom is 0.288 e. The highest BCUT2D eigenvalue weighted by Gasteiger charge is 2.41. The Morgan fingerprint density at radius 1 is 1.74 bits per heavy atom. The minimum atomic E-state index is -1.00. The molecule has 1 fully saturated rings. The number of nitrogens with two attached hydrogens (primary N) is 1. The van der Waals surface area contributed by atoms with Crippen LogP contribution in [0, 0.1) is 0 Å². The Morgan fingerprint density at radius 3 is 3.00 bits per heavy atom. The number of methoxy groups -OCH3 is 1. The SMILES string of the molecule is CO[C@@H]1[C@H](O)[C@@H](CO)OC[C@H]1n1cnc(C(N)=O)n1. The average Bonchev–Trinajstić information content (AvgIpc) is 2.87. The molecule has 0 aliphatic carbocycles. The van der Waals surface area contributed by atoms with E-state index in [0.717, 1.165) is 0 Å². The van der Waals surface area contributed by atoms with Crippen LogP contribution >= 0.6 is 0 Å². The van der Waals surface area contributed by atoms with Gasteiger partial charge in [0, 0.05) is 7.11 Å². The van der Waals surface area contributed by atoms with Crippen LogP contribution in [0.4, 0.5) is 0 Å². The van der Waals surface area contributed by atoms with E-state index in [4.69, 9.17) is 20.3 Å². The number of aromatic nitrogens is 3. The zero-order valence-electron chi connectivity index (χ0n) is 10.3. The highest BCUT2D eigenvalue weighted by molar-refractivity contribution is 5.88. The molecule has 2 rings (SSSR count). The number of ether oxygens (including phenoxy) is 2. The van der Waals surface area contributed by atoms with Gasteiger partial charge in [-0.1, -0.05) is 0 Å². The van der Waals surface area contributed by atoms with Crippen molar-refractivity contribution in [3.8, 4) is 0 Å². The van der Waals surface area contributed by atoms with E-state index in [-0.39, 0.29) is 19.0 Å². The second-order valence-electron chi connectivity index (χ2n) is 4.23. The third kappa shape index (κ3) is 2.59. The Balaban J connectivity index is 2.20. The fraction of sp³-hybridized carbons (Fsp3) is 0.700. The first-order valence-corrected chi connectivity index (χ1v) is 5.72. The maximum absolute atomic E-state index is 10.9. The smallest absolute Gasteiger partial charge is 0.288 e. The van der Waals surface area contributed by atoms with Crippen molar-refractivity contribution in [2.45, 2.75) is 24.4 Å². The van der Waals surface area contributed by atoms with Crippen molar-refractivity contribution in [3.05, 3.63) is 12.2 Å². The number of aliphatic hydroxyl groups excluding tert-OH is 2. The van der Waals surface area contributed by atoms with Gasteiger partial charge in [-0.05, 0) is 0 Å². The first-order valence-electron chi connectivity index (χ1n) is 5.72. The third-order valence-corrected chi connectivity index (χ3v) is 3.10. The molecule has 2 heterocycles. The summed E-state index contributed by atoms with van der Waals surface area (Å²) in [4.78, 5) is 14.7. The van der Waals surface area contributed by atoms with Crippen LogP contribution in [0.2, 0.25) is 0 Å². The average molecular weight is 272 g/mol. The summed E-state index contributed by atoms with van der Waals surface area (Å²) in [5.41, 5.74) is 5.07. The first-order chi connectivity index (χ1) is 9.08. The quantitative estimate of drug-likeness (QED) is 0.560. The van der Waals surface area contributed by atoms with E-state index >= 15 is 0 Å². The summed E-state index contributed by atoms with van der Waals surface area (Å²) < 4.78 is 11.9. The van der Waals surface area contributed by atoms with E-state index < -0.39 is 30.3 Å². The molecule has 1 aliphatic rings. The van der Waals surface area contributed by atoms with Crippen LogP contribution < -0.4 is 5.73 Å². The number of hydrogen-bond acceptors (Lipinski definition) is 7. The molecule has 9 nitrogen and oxygen atoms in total. The zero-order chi connectivity index (χ0) is 14.0. The van der Waals surface area contributed by atoms with Gasteiger partial charge in [0.05, 0.1) is 13.2 Å². The lowest BCUT2D eigenvalue weighted by Gasteiger charge is -2.38. The molecule has 0 radical (unpaired) electrons. The second kappa shape index (κ2) is 5.61. The zero-order valence-corrected chi connectivity index (χ0v) is 10.3. The van der Waals surface area contributed by atoms with E-state index in [1.54, 1.807) is 0 Å². The fourth-order valence-corrected chi connectivity index (χ4v) is 2.09. The van der Waals surface area contributed by atoms with Gasteiger partial charge < -0.3 is 25.4 Å². The second-order valence-corrected chi connectivity index (χ2v) is 4.23. The van der Waals surface area contributed by atoms with Crippen LogP contribution in [-0.4, -0.2) is 69.5 Å². The molecule has 106 valence electrons. The van der Waals surface area contributed by atoms with Crippen molar-refractivity contribution in [3.63, 3.8) is 0 Å². The molecule has 1 amide bonds. The van der Waals surface area contributed by atoms with E-state index in [0.29, 0.717) is 0 Å². The monoisotopic (exact) mass is 272 g/mol. The predicted octanol–water partition coefficient (Wildman–Crippen LogP) is -2.31. The molecule has 0 aromatic carbocycles. The number of carbonyl (C=O) groups excluding carboxylic acids is 1. The first kappa shape index (κ1) is 13.9. The van der Waals surface area contributed by atoms with Crippen molar-refractivity contribution >= 4 is 5.91 Å². The van der Waals surface area contributed by atoms with E-state index in [1.807, 2.05) is 0 Å². The number of nitrogens with zero attached hydrogens (tertiary/aromatic N) is 3. The summed E-state index contributed by atoms with van der Waals surface area (Å²) in [6.07, 6.45) is -1.02. The molecule has 1 aliphatic heterocycles. The summed E-state index contributed by atoms with van der Waals surface area (Å²) in [6, 6.07) is -0.455. The van der Waals surface area contributed by atoms with Crippen molar-refractivity contribution in [1.82, 2.24) is 14.8 Å². The van der Waals surface area contributed by atoms with E-state index in [2.05, 4.69) is 10.1 Å². The van der Waals surface area contributed by atoms with Crippen LogP contribution in [0.1, 0.15) is 16.7 Å². The number of aliphatic hydroxyl groups is 2. The summed E-state index contributed by atoms with van der Waals surface area (Å²) in [5.74, 6) is -0.855. The molecule has 0 bridgehead atoms. The van der Waals surface area contributed by atoms with Gasteiger partial charge in [0.25, 0.3) is 5.91 Å². The molecular formula is C10H16N4O5. The molecule has 0 spiro atoms. The van der Waals surface area contributed by atoms with Crippen molar-refractivity contribution in [1.29, 1.82) is 0 Å². The Bertz CT molecular complexity index is 451.